The second-order valence-corrected chi connectivity index (χ2v) is 3.47. The highest BCUT2D eigenvalue weighted by molar-refractivity contribution is 5.70. The largest absolute Gasteiger partial charge is 0.468 e. The highest BCUT2D eigenvalue weighted by atomic mass is 16.7. The average molecular weight is 228 g/mol. The van der Waals surface area contributed by atoms with E-state index in [0.717, 1.165) is 16.9 Å². The minimum atomic E-state index is 0.229. The lowest BCUT2D eigenvalue weighted by atomic mass is 10.1. The Kier molecular flexibility index (Phi) is 3.43. The Morgan fingerprint density at radius 3 is 2.65 bits per heavy atom. The van der Waals surface area contributed by atoms with E-state index >= 15 is 0 Å². The molecule has 0 unspecified atom stereocenters. The number of ether oxygens (including phenoxy) is 2. The molecule has 0 atom stereocenters. The summed E-state index contributed by atoms with van der Waals surface area (Å²) in [5, 5.41) is 8.93. The summed E-state index contributed by atoms with van der Waals surface area (Å²) in [4.78, 5) is 2.92. The summed E-state index contributed by atoms with van der Waals surface area (Å²) >= 11 is 0. The van der Waals surface area contributed by atoms with Gasteiger partial charge in [-0.05, 0) is 17.7 Å². The molecule has 0 saturated carbocycles. The minimum absolute atomic E-state index is 0.229. The van der Waals surface area contributed by atoms with Crippen molar-refractivity contribution in [1.82, 2.24) is 4.98 Å². The number of hydrogen-bond acceptors (Lipinski definition) is 3. The first-order valence-electron chi connectivity index (χ1n) is 5.14. The molecule has 0 spiro atoms. The van der Waals surface area contributed by atoms with Crippen LogP contribution in [-0.2, 0) is 4.74 Å². The molecule has 2 rings (SSSR count). The van der Waals surface area contributed by atoms with Gasteiger partial charge in [0.1, 0.15) is 11.8 Å². The van der Waals surface area contributed by atoms with Gasteiger partial charge in [0.15, 0.2) is 6.79 Å². The normalized spacial score (nSPS) is 9.88. The maximum absolute atomic E-state index is 8.93. The van der Waals surface area contributed by atoms with Gasteiger partial charge in [-0.1, -0.05) is 12.1 Å². The van der Waals surface area contributed by atoms with Crippen molar-refractivity contribution in [2.45, 2.75) is 0 Å². The van der Waals surface area contributed by atoms with Gasteiger partial charge in [0, 0.05) is 25.1 Å². The quantitative estimate of drug-likeness (QED) is 0.818. The van der Waals surface area contributed by atoms with Crippen LogP contribution in [0.3, 0.4) is 0 Å². The van der Waals surface area contributed by atoms with Crippen molar-refractivity contribution in [3.63, 3.8) is 0 Å². The molecule has 0 aliphatic rings. The van der Waals surface area contributed by atoms with E-state index in [-0.39, 0.29) is 6.79 Å². The molecular weight excluding hydrogens is 216 g/mol. The number of hydrogen-bond donors (Lipinski definition) is 1. The van der Waals surface area contributed by atoms with Gasteiger partial charge in [-0.15, -0.1) is 0 Å². The third kappa shape index (κ3) is 2.47. The van der Waals surface area contributed by atoms with Crippen LogP contribution < -0.4 is 4.74 Å². The molecule has 1 N–H and O–H groups in total. The number of aromatic amines is 1. The van der Waals surface area contributed by atoms with E-state index in [0.29, 0.717) is 5.56 Å². The summed E-state index contributed by atoms with van der Waals surface area (Å²) in [6, 6.07) is 9.66. The number of rotatable bonds is 4. The predicted molar refractivity (Wildman–Crippen MR) is 63.4 cm³/mol. The molecule has 0 aliphatic carbocycles. The number of nitrogens with one attached hydrogen (secondary N) is 1. The number of nitriles is 1. The molecule has 86 valence electrons. The third-order valence-electron chi connectivity index (χ3n) is 2.37. The fraction of sp³-hybridized carbons (Fsp3) is 0.154. The van der Waals surface area contributed by atoms with Crippen LogP contribution in [0.1, 0.15) is 5.56 Å². The second-order valence-electron chi connectivity index (χ2n) is 3.47. The lowest BCUT2D eigenvalue weighted by Gasteiger charge is -2.05. The summed E-state index contributed by atoms with van der Waals surface area (Å²) in [6.07, 6.45) is 3.49. The van der Waals surface area contributed by atoms with Crippen LogP contribution in [0.5, 0.6) is 5.75 Å². The van der Waals surface area contributed by atoms with Crippen LogP contribution in [-0.4, -0.2) is 18.9 Å². The monoisotopic (exact) mass is 228 g/mol. The van der Waals surface area contributed by atoms with Crippen molar-refractivity contribution >= 4 is 0 Å². The maximum Gasteiger partial charge on any atom is 0.188 e. The van der Waals surface area contributed by atoms with Gasteiger partial charge >= 0.3 is 0 Å². The van der Waals surface area contributed by atoms with E-state index < -0.39 is 0 Å². The molecule has 0 fully saturated rings. The van der Waals surface area contributed by atoms with Gasteiger partial charge in [-0.2, -0.15) is 5.26 Å². The molecule has 0 saturated heterocycles. The molecule has 2 aromatic rings. The van der Waals surface area contributed by atoms with Crippen molar-refractivity contribution in [2.75, 3.05) is 13.9 Å². The van der Waals surface area contributed by atoms with Gasteiger partial charge in [0.25, 0.3) is 0 Å². The molecule has 0 amide bonds. The molecule has 0 radical (unpaired) electrons. The fourth-order valence-corrected chi connectivity index (χ4v) is 1.55. The van der Waals surface area contributed by atoms with E-state index in [1.165, 1.54) is 0 Å². The number of nitrogens with zero attached hydrogens (tertiary/aromatic N) is 1. The molecule has 17 heavy (non-hydrogen) atoms. The van der Waals surface area contributed by atoms with Crippen LogP contribution in [0.2, 0.25) is 0 Å². The number of benzene rings is 1. The summed E-state index contributed by atoms with van der Waals surface area (Å²) < 4.78 is 10.1. The predicted octanol–water partition coefficient (Wildman–Crippen LogP) is 2.54. The number of methoxy groups -OCH3 is 1. The van der Waals surface area contributed by atoms with Crippen LogP contribution in [0.25, 0.3) is 11.1 Å². The summed E-state index contributed by atoms with van der Waals surface area (Å²) in [5.41, 5.74) is 2.51. The lowest BCUT2D eigenvalue weighted by Crippen LogP contribution is -1.98. The van der Waals surface area contributed by atoms with E-state index in [1.807, 2.05) is 30.5 Å². The molecule has 4 nitrogen and oxygen atoms in total. The standard InChI is InChI=1S/C13H12N2O2/c1-16-9-17-12-4-2-10(3-5-12)13-8-15-7-11(13)6-14/h2-5,7-8,15H,9H2,1H3. The van der Waals surface area contributed by atoms with Crippen LogP contribution in [0.4, 0.5) is 0 Å². The van der Waals surface area contributed by atoms with Crippen LogP contribution >= 0.6 is 0 Å². The zero-order valence-electron chi connectivity index (χ0n) is 9.43. The molecule has 0 bridgehead atoms. The molecule has 1 heterocycles. The highest BCUT2D eigenvalue weighted by Gasteiger charge is 2.05. The molecular formula is C13H12N2O2. The first-order valence-corrected chi connectivity index (χ1v) is 5.14. The zero-order valence-corrected chi connectivity index (χ0v) is 9.43. The van der Waals surface area contributed by atoms with Crippen molar-refractivity contribution in [3.8, 4) is 22.9 Å². The van der Waals surface area contributed by atoms with E-state index in [2.05, 4.69) is 11.1 Å². The maximum atomic E-state index is 8.93. The van der Waals surface area contributed by atoms with E-state index in [1.54, 1.807) is 13.3 Å². The Balaban J connectivity index is 2.21. The minimum Gasteiger partial charge on any atom is -0.468 e. The Morgan fingerprint density at radius 1 is 1.24 bits per heavy atom. The zero-order chi connectivity index (χ0) is 12.1. The second kappa shape index (κ2) is 5.19. The number of H-pyrrole nitrogens is 1. The topological polar surface area (TPSA) is 58.0 Å². The van der Waals surface area contributed by atoms with Crippen molar-refractivity contribution in [3.05, 3.63) is 42.2 Å². The van der Waals surface area contributed by atoms with Crippen LogP contribution in [0.15, 0.2) is 36.7 Å². The van der Waals surface area contributed by atoms with Crippen molar-refractivity contribution in [2.24, 2.45) is 0 Å². The van der Waals surface area contributed by atoms with E-state index in [4.69, 9.17) is 14.7 Å². The van der Waals surface area contributed by atoms with Crippen molar-refractivity contribution in [1.29, 1.82) is 5.26 Å². The van der Waals surface area contributed by atoms with Gasteiger partial charge < -0.3 is 14.5 Å². The van der Waals surface area contributed by atoms with Crippen LogP contribution in [0, 0.1) is 11.3 Å². The van der Waals surface area contributed by atoms with Gasteiger partial charge in [-0.3, -0.25) is 0 Å². The smallest absolute Gasteiger partial charge is 0.188 e. The summed E-state index contributed by atoms with van der Waals surface area (Å²) in [7, 11) is 1.58. The first-order chi connectivity index (χ1) is 8.35. The lowest BCUT2D eigenvalue weighted by molar-refractivity contribution is 0.0511. The highest BCUT2D eigenvalue weighted by Crippen LogP contribution is 2.25. The Labute approximate surface area is 99.4 Å². The van der Waals surface area contributed by atoms with Gasteiger partial charge in [0.2, 0.25) is 0 Å². The molecule has 1 aromatic heterocycles. The van der Waals surface area contributed by atoms with Crippen molar-refractivity contribution < 1.29 is 9.47 Å². The van der Waals surface area contributed by atoms with Gasteiger partial charge in [0.05, 0.1) is 5.56 Å². The Morgan fingerprint density at radius 2 is 2.00 bits per heavy atom. The fourth-order valence-electron chi connectivity index (χ4n) is 1.55. The summed E-state index contributed by atoms with van der Waals surface area (Å²) in [6.45, 7) is 0.229. The molecule has 1 aromatic carbocycles. The number of aromatic nitrogens is 1. The third-order valence-corrected chi connectivity index (χ3v) is 2.37. The van der Waals surface area contributed by atoms with E-state index in [9.17, 15) is 0 Å². The Hall–Kier alpha value is -2.25. The SMILES string of the molecule is COCOc1ccc(-c2c[nH]cc2C#N)cc1. The Bertz CT molecular complexity index is 523. The molecule has 4 heteroatoms. The summed E-state index contributed by atoms with van der Waals surface area (Å²) in [5.74, 6) is 0.740. The van der Waals surface area contributed by atoms with Gasteiger partial charge in [-0.25, -0.2) is 0 Å². The first kappa shape index (κ1) is 11.2. The molecule has 0 aliphatic heterocycles. The average Bonchev–Trinajstić information content (AvgIpc) is 2.85.